The van der Waals surface area contributed by atoms with Crippen molar-refractivity contribution in [1.29, 1.82) is 0 Å². The molecule has 0 N–H and O–H groups in total. The van der Waals surface area contributed by atoms with Gasteiger partial charge in [0.1, 0.15) is 5.75 Å². The average Bonchev–Trinajstić information content (AvgIpc) is 3.16. The minimum Gasteiger partial charge on any atom is -0.497 e. The zero-order valence-electron chi connectivity index (χ0n) is 16.1. The molecule has 0 radical (unpaired) electrons. The molecular weight excluding hydrogens is 336 g/mol. The Bertz CT molecular complexity index is 796. The van der Waals surface area contributed by atoms with E-state index in [0.29, 0.717) is 12.5 Å². The van der Waals surface area contributed by atoms with Crippen molar-refractivity contribution < 1.29 is 9.53 Å². The number of piperazine rings is 1. The molecular formula is C23H28N2O2. The monoisotopic (exact) mass is 364 g/mol. The van der Waals surface area contributed by atoms with Crippen LogP contribution >= 0.6 is 0 Å². The molecule has 1 aliphatic carbocycles. The summed E-state index contributed by atoms with van der Waals surface area (Å²) in [5, 5.41) is 0. The Morgan fingerprint density at radius 2 is 1.89 bits per heavy atom. The van der Waals surface area contributed by atoms with Gasteiger partial charge in [-0.25, -0.2) is 0 Å². The Labute approximate surface area is 161 Å². The zero-order valence-corrected chi connectivity index (χ0v) is 16.1. The number of nitrogens with zero attached hydrogens (tertiary/aromatic N) is 2. The van der Waals surface area contributed by atoms with Gasteiger partial charge in [-0.15, -0.1) is 0 Å². The Morgan fingerprint density at radius 1 is 1.07 bits per heavy atom. The van der Waals surface area contributed by atoms with Gasteiger partial charge < -0.3 is 9.64 Å². The molecule has 1 fully saturated rings. The van der Waals surface area contributed by atoms with Crippen molar-refractivity contribution in [3.8, 4) is 5.75 Å². The fraction of sp³-hybridized carbons (Fsp3) is 0.435. The Balaban J connectivity index is 1.28. The summed E-state index contributed by atoms with van der Waals surface area (Å²) in [7, 11) is 1.67. The molecule has 1 atom stereocenters. The maximum Gasteiger partial charge on any atom is 0.222 e. The predicted octanol–water partition coefficient (Wildman–Crippen LogP) is 3.46. The number of carbonyl (C=O) groups excluding carboxylic acids is 1. The molecule has 0 bridgehead atoms. The molecule has 0 aromatic heterocycles. The van der Waals surface area contributed by atoms with Crippen molar-refractivity contribution in [3.05, 3.63) is 65.2 Å². The van der Waals surface area contributed by atoms with E-state index in [-0.39, 0.29) is 5.91 Å². The van der Waals surface area contributed by atoms with Crippen molar-refractivity contribution in [3.63, 3.8) is 0 Å². The second kappa shape index (κ2) is 8.13. The number of methoxy groups -OCH3 is 1. The van der Waals surface area contributed by atoms with Gasteiger partial charge in [0.15, 0.2) is 0 Å². The molecule has 1 aliphatic heterocycles. The molecule has 1 unspecified atom stereocenters. The summed E-state index contributed by atoms with van der Waals surface area (Å²) in [6, 6.07) is 17.4. The van der Waals surface area contributed by atoms with E-state index in [9.17, 15) is 4.79 Å². The number of fused-ring (bicyclic) bond motifs is 1. The van der Waals surface area contributed by atoms with Crippen molar-refractivity contribution in [1.82, 2.24) is 9.80 Å². The number of carbonyl (C=O) groups is 1. The lowest BCUT2D eigenvalue weighted by molar-refractivity contribution is -0.133. The topological polar surface area (TPSA) is 32.8 Å². The van der Waals surface area contributed by atoms with E-state index in [2.05, 4.69) is 35.2 Å². The molecule has 1 heterocycles. The number of hydrogen-bond donors (Lipinski definition) is 0. The molecule has 27 heavy (non-hydrogen) atoms. The van der Waals surface area contributed by atoms with Gasteiger partial charge in [-0.1, -0.05) is 36.4 Å². The fourth-order valence-electron chi connectivity index (χ4n) is 4.43. The average molecular weight is 364 g/mol. The minimum atomic E-state index is 0.268. The van der Waals surface area contributed by atoms with Gasteiger partial charge in [-0.2, -0.15) is 0 Å². The van der Waals surface area contributed by atoms with Crippen LogP contribution in [0.25, 0.3) is 0 Å². The molecule has 4 rings (SSSR count). The molecule has 2 aromatic carbocycles. The molecule has 0 spiro atoms. The second-order valence-electron chi connectivity index (χ2n) is 7.52. The SMILES string of the molecule is COc1cccc(CCC(=O)N2CCN(C3CCc4ccccc43)CC2)c1. The quantitative estimate of drug-likeness (QED) is 0.815. The first-order valence-corrected chi connectivity index (χ1v) is 9.97. The number of rotatable bonds is 5. The molecule has 4 nitrogen and oxygen atoms in total. The van der Waals surface area contributed by atoms with Crippen molar-refractivity contribution >= 4 is 5.91 Å². The summed E-state index contributed by atoms with van der Waals surface area (Å²) < 4.78 is 5.26. The van der Waals surface area contributed by atoms with Crippen LogP contribution in [0.4, 0.5) is 0 Å². The first-order chi connectivity index (χ1) is 13.2. The van der Waals surface area contributed by atoms with E-state index < -0.39 is 0 Å². The third kappa shape index (κ3) is 4.01. The Hall–Kier alpha value is -2.33. The number of benzene rings is 2. The molecule has 142 valence electrons. The highest BCUT2D eigenvalue weighted by Crippen LogP contribution is 2.35. The smallest absolute Gasteiger partial charge is 0.222 e. The van der Waals surface area contributed by atoms with E-state index in [1.807, 2.05) is 23.1 Å². The lowest BCUT2D eigenvalue weighted by atomic mass is 10.1. The van der Waals surface area contributed by atoms with Crippen molar-refractivity contribution in [2.45, 2.75) is 31.7 Å². The van der Waals surface area contributed by atoms with Crippen LogP contribution in [-0.2, 0) is 17.6 Å². The Kier molecular flexibility index (Phi) is 5.44. The zero-order chi connectivity index (χ0) is 18.6. The van der Waals surface area contributed by atoms with Crippen molar-refractivity contribution in [2.24, 2.45) is 0 Å². The first-order valence-electron chi connectivity index (χ1n) is 9.97. The third-order valence-corrected chi connectivity index (χ3v) is 5.97. The van der Waals surface area contributed by atoms with Crippen LogP contribution in [0.5, 0.6) is 5.75 Å². The Morgan fingerprint density at radius 3 is 2.70 bits per heavy atom. The fourth-order valence-corrected chi connectivity index (χ4v) is 4.43. The van der Waals surface area contributed by atoms with Gasteiger partial charge in [0.2, 0.25) is 5.91 Å². The lowest BCUT2D eigenvalue weighted by Gasteiger charge is -2.38. The molecule has 4 heteroatoms. The van der Waals surface area contributed by atoms with E-state index in [1.165, 1.54) is 24.0 Å². The van der Waals surface area contributed by atoms with Crippen LogP contribution in [0, 0.1) is 0 Å². The molecule has 1 saturated heterocycles. The second-order valence-corrected chi connectivity index (χ2v) is 7.52. The van der Waals surface area contributed by atoms with Gasteiger partial charge in [-0.3, -0.25) is 9.69 Å². The summed E-state index contributed by atoms with van der Waals surface area (Å²) in [5.41, 5.74) is 4.15. The largest absolute Gasteiger partial charge is 0.497 e. The van der Waals surface area contributed by atoms with E-state index in [0.717, 1.165) is 43.9 Å². The van der Waals surface area contributed by atoms with Gasteiger partial charge in [0.25, 0.3) is 0 Å². The number of amides is 1. The summed E-state index contributed by atoms with van der Waals surface area (Å²) in [6.45, 7) is 3.64. The summed E-state index contributed by atoms with van der Waals surface area (Å²) in [4.78, 5) is 17.2. The molecule has 2 aliphatic rings. The van der Waals surface area contributed by atoms with Crippen LogP contribution in [-0.4, -0.2) is 49.0 Å². The summed E-state index contributed by atoms with van der Waals surface area (Å²) in [5.74, 6) is 1.12. The highest BCUT2D eigenvalue weighted by atomic mass is 16.5. The maximum absolute atomic E-state index is 12.6. The minimum absolute atomic E-state index is 0.268. The standard InChI is InChI=1S/C23H28N2O2/c1-27-20-7-4-5-18(17-20)9-12-23(26)25-15-13-24(14-16-25)22-11-10-19-6-2-3-8-21(19)22/h2-8,17,22H,9-16H2,1H3. The number of hydrogen-bond acceptors (Lipinski definition) is 3. The van der Waals surface area contributed by atoms with E-state index in [1.54, 1.807) is 7.11 Å². The molecule has 0 saturated carbocycles. The van der Waals surface area contributed by atoms with Crippen LogP contribution < -0.4 is 4.74 Å². The number of aryl methyl sites for hydroxylation is 2. The molecule has 1 amide bonds. The van der Waals surface area contributed by atoms with E-state index >= 15 is 0 Å². The number of ether oxygens (including phenoxy) is 1. The van der Waals surface area contributed by atoms with Crippen molar-refractivity contribution in [2.75, 3.05) is 33.3 Å². The van der Waals surface area contributed by atoms with Crippen LogP contribution in [0.2, 0.25) is 0 Å². The third-order valence-electron chi connectivity index (χ3n) is 5.97. The highest BCUT2D eigenvalue weighted by molar-refractivity contribution is 5.76. The highest BCUT2D eigenvalue weighted by Gasteiger charge is 2.30. The first kappa shape index (κ1) is 18.1. The summed E-state index contributed by atoms with van der Waals surface area (Å²) in [6.07, 6.45) is 3.73. The van der Waals surface area contributed by atoms with Gasteiger partial charge in [0.05, 0.1) is 7.11 Å². The van der Waals surface area contributed by atoms with Crippen LogP contribution in [0.15, 0.2) is 48.5 Å². The predicted molar refractivity (Wildman–Crippen MR) is 107 cm³/mol. The van der Waals surface area contributed by atoms with Crippen LogP contribution in [0.1, 0.15) is 35.6 Å². The van der Waals surface area contributed by atoms with Gasteiger partial charge in [0, 0.05) is 38.6 Å². The lowest BCUT2D eigenvalue weighted by Crippen LogP contribution is -2.49. The van der Waals surface area contributed by atoms with Crippen LogP contribution in [0.3, 0.4) is 0 Å². The molecule has 2 aromatic rings. The van der Waals surface area contributed by atoms with Gasteiger partial charge >= 0.3 is 0 Å². The van der Waals surface area contributed by atoms with E-state index in [4.69, 9.17) is 4.74 Å². The van der Waals surface area contributed by atoms with Gasteiger partial charge in [-0.05, 0) is 48.1 Å². The normalized spacial score (nSPS) is 19.7. The summed E-state index contributed by atoms with van der Waals surface area (Å²) >= 11 is 0. The maximum atomic E-state index is 12.6.